The summed E-state index contributed by atoms with van der Waals surface area (Å²) in [6, 6.07) is 11.5. The fourth-order valence-electron chi connectivity index (χ4n) is 3.29. The lowest BCUT2D eigenvalue weighted by atomic mass is 10.1. The fourth-order valence-corrected chi connectivity index (χ4v) is 3.90. The highest BCUT2D eigenvalue weighted by atomic mass is 35.5. The summed E-state index contributed by atoms with van der Waals surface area (Å²) in [5, 5.41) is 5.05. The molecule has 0 saturated carbocycles. The molecule has 2 aromatic carbocycles. The van der Waals surface area contributed by atoms with E-state index in [-0.39, 0.29) is 0 Å². The van der Waals surface area contributed by atoms with Gasteiger partial charge < -0.3 is 19.3 Å². The number of anilines is 3. The number of rotatable bonds is 11. The molecule has 0 unspecified atom stereocenters. The van der Waals surface area contributed by atoms with Crippen LogP contribution >= 0.6 is 23.2 Å². The lowest BCUT2D eigenvalue weighted by Crippen LogP contribution is -2.17. The van der Waals surface area contributed by atoms with Crippen molar-refractivity contribution in [1.29, 1.82) is 0 Å². The molecule has 0 bridgehead atoms. The molecule has 0 aliphatic rings. The average Bonchev–Trinajstić information content (AvgIpc) is 2.82. The summed E-state index contributed by atoms with van der Waals surface area (Å²) < 4.78 is 11.6. The molecule has 0 spiro atoms. The number of nitrogens with zero attached hydrogens (tertiary/aromatic N) is 5. The van der Waals surface area contributed by atoms with E-state index >= 15 is 0 Å². The Morgan fingerprint density at radius 2 is 1.61 bits per heavy atom. The summed E-state index contributed by atoms with van der Waals surface area (Å²) in [6.45, 7) is 4.85. The van der Waals surface area contributed by atoms with Crippen molar-refractivity contribution in [3.63, 3.8) is 0 Å². The number of benzene rings is 2. The third kappa shape index (κ3) is 7.63. The average molecular weight is 531 g/mol. The van der Waals surface area contributed by atoms with Crippen LogP contribution in [0.2, 0.25) is 10.0 Å². The van der Waals surface area contributed by atoms with Crippen LogP contribution in [0.1, 0.15) is 23.6 Å². The Morgan fingerprint density at radius 1 is 0.917 bits per heavy atom. The van der Waals surface area contributed by atoms with Gasteiger partial charge in [-0.2, -0.15) is 15.1 Å². The van der Waals surface area contributed by atoms with E-state index in [2.05, 4.69) is 40.4 Å². The predicted octanol–water partition coefficient (Wildman–Crippen LogP) is 5.69. The first-order valence-electron chi connectivity index (χ1n) is 11.5. The van der Waals surface area contributed by atoms with E-state index in [0.29, 0.717) is 46.3 Å². The van der Waals surface area contributed by atoms with Crippen molar-refractivity contribution in [2.45, 2.75) is 20.3 Å². The lowest BCUT2D eigenvalue weighted by molar-refractivity contribution is 0.217. The molecule has 0 aliphatic heterocycles. The van der Waals surface area contributed by atoms with E-state index in [1.54, 1.807) is 18.3 Å². The van der Waals surface area contributed by atoms with Gasteiger partial charge in [0, 0.05) is 34.3 Å². The van der Waals surface area contributed by atoms with Crippen LogP contribution in [0.5, 0.6) is 11.5 Å². The molecule has 10 heteroatoms. The highest BCUT2D eigenvalue weighted by Crippen LogP contribution is 2.34. The molecule has 0 aliphatic carbocycles. The van der Waals surface area contributed by atoms with Crippen molar-refractivity contribution < 1.29 is 9.47 Å². The molecule has 1 N–H and O–H groups in total. The second kappa shape index (κ2) is 12.6. The van der Waals surface area contributed by atoms with Gasteiger partial charge in [-0.25, -0.2) is 0 Å². The van der Waals surface area contributed by atoms with Gasteiger partial charge in [-0.05, 0) is 54.3 Å². The zero-order chi connectivity index (χ0) is 26.2. The van der Waals surface area contributed by atoms with Gasteiger partial charge in [0.15, 0.2) is 11.6 Å². The smallest absolute Gasteiger partial charge is 0.228 e. The zero-order valence-corrected chi connectivity index (χ0v) is 23.0. The number of aryl methyl sites for hydroxylation is 2. The van der Waals surface area contributed by atoms with Crippen LogP contribution in [0.4, 0.5) is 17.6 Å². The standard InChI is InChI=1S/C26H32Cl2N6O2/c1-7-18-10-17(2)11-20(12-18)35-8-9-36-25-21(27)13-19(14-22(25)28)16-29-32-23-15-24(33(3)4)31-26(30-23)34(5)6/h10-16H,7-9H2,1-6H3,(H,30,31,32)/b29-16-. The molecule has 0 atom stereocenters. The third-order valence-electron chi connectivity index (χ3n) is 5.09. The first-order chi connectivity index (χ1) is 17.2. The van der Waals surface area contributed by atoms with Gasteiger partial charge in [-0.15, -0.1) is 0 Å². The van der Waals surface area contributed by atoms with Crippen LogP contribution in [-0.4, -0.2) is 57.6 Å². The topological polar surface area (TPSA) is 75.1 Å². The minimum atomic E-state index is 0.306. The van der Waals surface area contributed by atoms with Gasteiger partial charge in [0.2, 0.25) is 5.95 Å². The third-order valence-corrected chi connectivity index (χ3v) is 5.65. The largest absolute Gasteiger partial charge is 0.490 e. The molecule has 0 radical (unpaired) electrons. The van der Waals surface area contributed by atoms with Crippen LogP contribution in [0.15, 0.2) is 41.5 Å². The van der Waals surface area contributed by atoms with Gasteiger partial charge >= 0.3 is 0 Å². The van der Waals surface area contributed by atoms with Crippen molar-refractivity contribution in [2.75, 3.05) is 56.6 Å². The molecule has 3 rings (SSSR count). The van der Waals surface area contributed by atoms with Crippen LogP contribution in [0.25, 0.3) is 0 Å². The monoisotopic (exact) mass is 530 g/mol. The Bertz CT molecular complexity index is 1170. The summed E-state index contributed by atoms with van der Waals surface area (Å²) in [5.41, 5.74) is 6.05. The quantitative estimate of drug-likeness (QED) is 0.194. The first kappa shape index (κ1) is 27.4. The highest BCUT2D eigenvalue weighted by molar-refractivity contribution is 6.37. The Morgan fingerprint density at radius 3 is 2.25 bits per heavy atom. The van der Waals surface area contributed by atoms with Crippen molar-refractivity contribution in [3.8, 4) is 11.5 Å². The molecular formula is C26H32Cl2N6O2. The number of hydrazone groups is 1. The predicted molar refractivity (Wildman–Crippen MR) is 150 cm³/mol. The minimum absolute atomic E-state index is 0.306. The molecule has 0 fully saturated rings. The summed E-state index contributed by atoms with van der Waals surface area (Å²) in [7, 11) is 7.59. The molecule has 3 aromatic rings. The molecule has 0 saturated heterocycles. The van der Waals surface area contributed by atoms with E-state index in [1.807, 2.05) is 56.2 Å². The van der Waals surface area contributed by atoms with Gasteiger partial charge in [0.1, 0.15) is 24.8 Å². The molecule has 1 heterocycles. The van der Waals surface area contributed by atoms with Crippen LogP contribution in [0, 0.1) is 6.92 Å². The van der Waals surface area contributed by atoms with E-state index in [0.717, 1.165) is 18.0 Å². The van der Waals surface area contributed by atoms with Gasteiger partial charge in [0.05, 0.1) is 16.3 Å². The SMILES string of the molecule is CCc1cc(C)cc(OCCOc2c(Cl)cc(/C=N\Nc3cc(N(C)C)nc(N(C)C)n3)cc2Cl)c1. The Hall–Kier alpha value is -3.23. The number of hydrogen-bond donors (Lipinski definition) is 1. The summed E-state index contributed by atoms with van der Waals surface area (Å²) in [5.74, 6) is 3.13. The Kier molecular flexibility index (Phi) is 9.61. The normalized spacial score (nSPS) is 11.0. The van der Waals surface area contributed by atoms with Crippen molar-refractivity contribution >= 4 is 47.0 Å². The number of ether oxygens (including phenoxy) is 2. The second-order valence-corrected chi connectivity index (χ2v) is 9.40. The summed E-state index contributed by atoms with van der Waals surface area (Å²) >= 11 is 12.9. The Labute approximate surface area is 222 Å². The van der Waals surface area contributed by atoms with E-state index in [1.165, 1.54) is 11.1 Å². The second-order valence-electron chi connectivity index (χ2n) is 8.59. The maximum atomic E-state index is 6.43. The zero-order valence-electron chi connectivity index (χ0n) is 21.5. The first-order valence-corrected chi connectivity index (χ1v) is 12.3. The molecule has 0 amide bonds. The minimum Gasteiger partial charge on any atom is -0.490 e. The molecule has 8 nitrogen and oxygen atoms in total. The van der Waals surface area contributed by atoms with Crippen molar-refractivity contribution in [3.05, 3.63) is 63.1 Å². The molecule has 192 valence electrons. The lowest BCUT2D eigenvalue weighted by Gasteiger charge is -2.17. The number of nitrogens with one attached hydrogen (secondary N) is 1. The summed E-state index contributed by atoms with van der Waals surface area (Å²) in [4.78, 5) is 12.7. The maximum Gasteiger partial charge on any atom is 0.228 e. The van der Waals surface area contributed by atoms with Crippen LogP contribution in [0.3, 0.4) is 0 Å². The van der Waals surface area contributed by atoms with Crippen molar-refractivity contribution in [1.82, 2.24) is 9.97 Å². The Balaban J connectivity index is 1.60. The maximum absolute atomic E-state index is 6.43. The molecule has 36 heavy (non-hydrogen) atoms. The highest BCUT2D eigenvalue weighted by Gasteiger charge is 2.11. The number of aromatic nitrogens is 2. The van der Waals surface area contributed by atoms with Crippen molar-refractivity contribution in [2.24, 2.45) is 5.10 Å². The molecular weight excluding hydrogens is 499 g/mol. The van der Waals surface area contributed by atoms with Gasteiger partial charge in [-0.3, -0.25) is 5.43 Å². The van der Waals surface area contributed by atoms with Crippen LogP contribution < -0.4 is 24.7 Å². The number of halogens is 2. The van der Waals surface area contributed by atoms with Crippen LogP contribution in [-0.2, 0) is 6.42 Å². The van der Waals surface area contributed by atoms with E-state index in [4.69, 9.17) is 32.7 Å². The van der Waals surface area contributed by atoms with Gasteiger partial charge in [-0.1, -0.05) is 36.2 Å². The van der Waals surface area contributed by atoms with E-state index in [9.17, 15) is 0 Å². The molecule has 1 aromatic heterocycles. The van der Waals surface area contributed by atoms with Gasteiger partial charge in [0.25, 0.3) is 0 Å². The van der Waals surface area contributed by atoms with E-state index < -0.39 is 0 Å². The number of hydrogen-bond acceptors (Lipinski definition) is 8. The summed E-state index contributed by atoms with van der Waals surface area (Å²) in [6.07, 6.45) is 2.57. The fraction of sp³-hybridized carbons (Fsp3) is 0.346.